The Morgan fingerprint density at radius 3 is 1.59 bits per heavy atom. The Bertz CT molecular complexity index is 1050. The fourth-order valence-corrected chi connectivity index (χ4v) is 4.42. The molecule has 3 heteroatoms. The first-order valence-corrected chi connectivity index (χ1v) is 9.92. The van der Waals surface area contributed by atoms with E-state index in [4.69, 9.17) is 0 Å². The fourth-order valence-electron chi connectivity index (χ4n) is 4.42. The largest absolute Gasteiger partial charge is 0.314 e. The summed E-state index contributed by atoms with van der Waals surface area (Å²) in [6, 6.07) is 34.1. The Morgan fingerprint density at radius 1 is 0.759 bits per heavy atom. The summed E-state index contributed by atoms with van der Waals surface area (Å²) in [5.74, 6) is 0. The molecule has 5 rings (SSSR count). The zero-order chi connectivity index (χ0) is 19.7. The summed E-state index contributed by atoms with van der Waals surface area (Å²) >= 11 is 0. The van der Waals surface area contributed by atoms with Crippen LogP contribution in [0.5, 0.6) is 0 Å². The van der Waals surface area contributed by atoms with Gasteiger partial charge in [-0.15, -0.1) is 0 Å². The number of hydrogen-bond acceptors (Lipinski definition) is 2. The van der Waals surface area contributed by atoms with Gasteiger partial charge in [0.2, 0.25) is 0 Å². The average Bonchev–Trinajstić information content (AvgIpc) is 3.45. The van der Waals surface area contributed by atoms with Crippen molar-refractivity contribution < 1.29 is 0 Å². The number of rotatable bonds is 5. The molecular formula is C26H21N3. The number of benzene rings is 3. The highest BCUT2D eigenvalue weighted by Crippen LogP contribution is 2.51. The predicted octanol–water partition coefficient (Wildman–Crippen LogP) is 5.28. The van der Waals surface area contributed by atoms with Crippen LogP contribution in [0, 0.1) is 11.3 Å². The first kappa shape index (κ1) is 17.5. The maximum absolute atomic E-state index is 9.94. The van der Waals surface area contributed by atoms with Crippen molar-refractivity contribution in [3.8, 4) is 6.07 Å². The maximum atomic E-state index is 9.94. The van der Waals surface area contributed by atoms with Gasteiger partial charge in [-0.3, -0.25) is 0 Å². The van der Waals surface area contributed by atoms with Gasteiger partial charge in [0.1, 0.15) is 5.54 Å². The number of hydrogen-bond donors (Lipinski definition) is 0. The van der Waals surface area contributed by atoms with E-state index in [9.17, 15) is 5.26 Å². The van der Waals surface area contributed by atoms with Crippen LogP contribution >= 0.6 is 0 Å². The molecule has 0 aliphatic heterocycles. The third-order valence-corrected chi connectivity index (χ3v) is 6.03. The van der Waals surface area contributed by atoms with Crippen LogP contribution in [0.1, 0.15) is 35.2 Å². The van der Waals surface area contributed by atoms with Crippen LogP contribution in [0.15, 0.2) is 104 Å². The number of nitriles is 1. The van der Waals surface area contributed by atoms with E-state index in [1.807, 2.05) is 30.7 Å². The van der Waals surface area contributed by atoms with Crippen molar-refractivity contribution in [2.45, 2.75) is 23.8 Å². The zero-order valence-electron chi connectivity index (χ0n) is 16.1. The topological polar surface area (TPSA) is 41.6 Å². The van der Waals surface area contributed by atoms with Crippen LogP contribution in [0.2, 0.25) is 0 Å². The SMILES string of the molecule is N#CC1(c2cncn2C(c2ccccc2)(c2ccccc2)c2ccccc2)CC1. The number of nitrogens with zero attached hydrogens (tertiary/aromatic N) is 3. The van der Waals surface area contributed by atoms with Gasteiger partial charge < -0.3 is 4.57 Å². The minimum atomic E-state index is -0.609. The summed E-state index contributed by atoms with van der Waals surface area (Å²) in [6.07, 6.45) is 5.52. The van der Waals surface area contributed by atoms with Crippen LogP contribution in [0.25, 0.3) is 0 Å². The first-order chi connectivity index (χ1) is 14.3. The molecular weight excluding hydrogens is 354 g/mol. The molecule has 0 saturated heterocycles. The van der Waals surface area contributed by atoms with Crippen LogP contribution < -0.4 is 0 Å². The highest BCUT2D eigenvalue weighted by Gasteiger charge is 2.51. The van der Waals surface area contributed by atoms with Crippen molar-refractivity contribution in [1.29, 1.82) is 5.26 Å². The van der Waals surface area contributed by atoms with Crippen molar-refractivity contribution in [3.63, 3.8) is 0 Å². The third kappa shape index (κ3) is 2.61. The Hall–Kier alpha value is -3.64. The number of aromatic nitrogens is 2. The van der Waals surface area contributed by atoms with E-state index >= 15 is 0 Å². The van der Waals surface area contributed by atoms with E-state index in [1.54, 1.807) is 0 Å². The third-order valence-electron chi connectivity index (χ3n) is 6.03. The lowest BCUT2D eigenvalue weighted by Gasteiger charge is -2.39. The van der Waals surface area contributed by atoms with E-state index in [0.717, 1.165) is 35.2 Å². The summed E-state index contributed by atoms with van der Waals surface area (Å²) in [4.78, 5) is 4.53. The molecule has 1 aliphatic rings. The molecule has 0 spiro atoms. The molecule has 3 nitrogen and oxygen atoms in total. The first-order valence-electron chi connectivity index (χ1n) is 9.92. The molecule has 0 atom stereocenters. The molecule has 0 bridgehead atoms. The van der Waals surface area contributed by atoms with E-state index < -0.39 is 11.0 Å². The maximum Gasteiger partial charge on any atom is 0.121 e. The van der Waals surface area contributed by atoms with Crippen LogP contribution in [0.4, 0.5) is 0 Å². The second-order valence-electron chi connectivity index (χ2n) is 7.65. The van der Waals surface area contributed by atoms with Crippen molar-refractivity contribution in [3.05, 3.63) is 126 Å². The summed E-state index contributed by atoms with van der Waals surface area (Å²) in [6.45, 7) is 0. The standard InChI is InChI=1S/C26H21N3/c27-19-25(16-17-25)24-18-28-20-29(24)26(21-10-4-1-5-11-21,22-12-6-2-7-13-22)23-14-8-3-9-15-23/h1-15,18,20H,16-17H2. The van der Waals surface area contributed by atoms with E-state index in [0.29, 0.717) is 0 Å². The monoisotopic (exact) mass is 375 g/mol. The molecule has 1 saturated carbocycles. The van der Waals surface area contributed by atoms with Gasteiger partial charge in [0, 0.05) is 6.20 Å². The minimum absolute atomic E-state index is 0.444. The lowest BCUT2D eigenvalue weighted by atomic mass is 9.76. The molecule has 0 amide bonds. The molecule has 1 heterocycles. The second kappa shape index (κ2) is 6.76. The Balaban J connectivity index is 1.91. The summed E-state index contributed by atoms with van der Waals surface area (Å²) in [7, 11) is 0. The molecule has 140 valence electrons. The Morgan fingerprint density at radius 2 is 1.21 bits per heavy atom. The molecule has 0 radical (unpaired) electrons. The van der Waals surface area contributed by atoms with Gasteiger partial charge in [-0.25, -0.2) is 4.98 Å². The van der Waals surface area contributed by atoms with Gasteiger partial charge >= 0.3 is 0 Å². The summed E-state index contributed by atoms with van der Waals surface area (Å²) < 4.78 is 2.23. The summed E-state index contributed by atoms with van der Waals surface area (Å²) in [5.41, 5.74) is 3.36. The molecule has 29 heavy (non-hydrogen) atoms. The van der Waals surface area contributed by atoms with Gasteiger partial charge in [-0.2, -0.15) is 5.26 Å². The van der Waals surface area contributed by atoms with Crippen LogP contribution in [0.3, 0.4) is 0 Å². The zero-order valence-corrected chi connectivity index (χ0v) is 16.1. The highest BCUT2D eigenvalue weighted by molar-refractivity contribution is 5.52. The molecule has 1 aliphatic carbocycles. The second-order valence-corrected chi connectivity index (χ2v) is 7.65. The normalized spacial score (nSPS) is 14.9. The lowest BCUT2D eigenvalue weighted by molar-refractivity contribution is 0.486. The minimum Gasteiger partial charge on any atom is -0.314 e. The highest BCUT2D eigenvalue weighted by atomic mass is 15.1. The van der Waals surface area contributed by atoms with Gasteiger partial charge in [0.15, 0.2) is 0 Å². The van der Waals surface area contributed by atoms with Gasteiger partial charge in [-0.05, 0) is 29.5 Å². The van der Waals surface area contributed by atoms with Gasteiger partial charge in [-0.1, -0.05) is 91.0 Å². The molecule has 1 fully saturated rings. The molecule has 0 unspecified atom stereocenters. The van der Waals surface area contributed by atoms with E-state index in [-0.39, 0.29) is 0 Å². The molecule has 0 N–H and O–H groups in total. The smallest absolute Gasteiger partial charge is 0.121 e. The molecule has 4 aromatic rings. The number of imidazole rings is 1. The molecule has 3 aromatic carbocycles. The van der Waals surface area contributed by atoms with E-state index in [1.165, 1.54) is 0 Å². The predicted molar refractivity (Wildman–Crippen MR) is 113 cm³/mol. The Labute approximate surface area is 170 Å². The van der Waals surface area contributed by atoms with Crippen molar-refractivity contribution >= 4 is 0 Å². The van der Waals surface area contributed by atoms with Crippen LogP contribution in [-0.4, -0.2) is 9.55 Å². The molecule has 1 aromatic heterocycles. The Kier molecular flexibility index (Phi) is 4.07. The quantitative estimate of drug-likeness (QED) is 0.445. The van der Waals surface area contributed by atoms with Crippen molar-refractivity contribution in [2.24, 2.45) is 0 Å². The fraction of sp³-hybridized carbons (Fsp3) is 0.154. The van der Waals surface area contributed by atoms with Crippen LogP contribution in [-0.2, 0) is 11.0 Å². The van der Waals surface area contributed by atoms with E-state index in [2.05, 4.69) is 88.4 Å². The summed E-state index contributed by atoms with van der Waals surface area (Å²) in [5, 5.41) is 9.94. The van der Waals surface area contributed by atoms with Gasteiger partial charge in [0.05, 0.1) is 23.5 Å². The van der Waals surface area contributed by atoms with Gasteiger partial charge in [0.25, 0.3) is 0 Å². The lowest BCUT2D eigenvalue weighted by Crippen LogP contribution is -2.39. The average molecular weight is 375 g/mol. The van der Waals surface area contributed by atoms with Crippen molar-refractivity contribution in [2.75, 3.05) is 0 Å². The van der Waals surface area contributed by atoms with Crippen molar-refractivity contribution in [1.82, 2.24) is 9.55 Å².